The van der Waals surface area contributed by atoms with Crippen LogP contribution >= 0.6 is 23.1 Å². The van der Waals surface area contributed by atoms with Crippen molar-refractivity contribution in [3.8, 4) is 22.4 Å². The maximum atomic E-state index is 5.83. The third kappa shape index (κ3) is 3.86. The summed E-state index contributed by atoms with van der Waals surface area (Å²) in [6.45, 7) is 7.13. The molecule has 0 radical (unpaired) electrons. The van der Waals surface area contributed by atoms with E-state index in [4.69, 9.17) is 8.83 Å². The molecule has 140 valence electrons. The lowest BCUT2D eigenvalue weighted by molar-refractivity contribution is 0.489. The molecule has 0 bridgehead atoms. The second-order valence-electron chi connectivity index (χ2n) is 6.58. The summed E-state index contributed by atoms with van der Waals surface area (Å²) >= 11 is 3.24. The van der Waals surface area contributed by atoms with E-state index in [1.54, 1.807) is 29.4 Å². The normalized spacial score (nSPS) is 11.6. The molecular weight excluding hydrogens is 380 g/mol. The summed E-state index contributed by atoms with van der Waals surface area (Å²) in [7, 11) is 0. The third-order valence-electron chi connectivity index (χ3n) is 3.97. The highest BCUT2D eigenvalue weighted by molar-refractivity contribution is 7.98. The molecule has 0 spiro atoms. The van der Waals surface area contributed by atoms with E-state index in [2.05, 4.69) is 33.6 Å². The van der Waals surface area contributed by atoms with Crippen LogP contribution in [0.25, 0.3) is 22.4 Å². The van der Waals surface area contributed by atoms with Gasteiger partial charge in [0.05, 0.1) is 16.8 Å². The van der Waals surface area contributed by atoms with Crippen molar-refractivity contribution in [2.24, 2.45) is 5.92 Å². The fourth-order valence-electron chi connectivity index (χ4n) is 2.71. The first kappa shape index (κ1) is 18.1. The minimum Gasteiger partial charge on any atom is -0.461 e. The average Bonchev–Trinajstić information content (AvgIpc) is 3.41. The van der Waals surface area contributed by atoms with Gasteiger partial charge in [0.25, 0.3) is 0 Å². The van der Waals surface area contributed by atoms with Crippen LogP contribution in [-0.4, -0.2) is 19.7 Å². The molecule has 4 aromatic heterocycles. The molecule has 0 aromatic carbocycles. The van der Waals surface area contributed by atoms with Crippen molar-refractivity contribution >= 4 is 23.1 Å². The van der Waals surface area contributed by atoms with E-state index in [1.807, 2.05) is 36.6 Å². The van der Waals surface area contributed by atoms with Crippen molar-refractivity contribution in [2.45, 2.75) is 38.2 Å². The average molecular weight is 401 g/mol. The maximum Gasteiger partial charge on any atom is 0.236 e. The first-order valence-corrected chi connectivity index (χ1v) is 10.6. The highest BCUT2D eigenvalue weighted by atomic mass is 32.2. The number of hydrogen-bond acceptors (Lipinski definition) is 7. The zero-order valence-corrected chi connectivity index (χ0v) is 17.0. The summed E-state index contributed by atoms with van der Waals surface area (Å²) in [6, 6.07) is 7.78. The molecule has 0 unspecified atom stereocenters. The first-order chi connectivity index (χ1) is 13.1. The number of rotatable bonds is 7. The Morgan fingerprint density at radius 3 is 2.81 bits per heavy atom. The number of aromatic nitrogens is 4. The Bertz CT molecular complexity index is 1000. The van der Waals surface area contributed by atoms with Gasteiger partial charge in [-0.3, -0.25) is 4.57 Å². The lowest BCUT2D eigenvalue weighted by Crippen LogP contribution is -2.07. The van der Waals surface area contributed by atoms with Crippen LogP contribution in [0.15, 0.2) is 49.9 Å². The Balaban J connectivity index is 1.56. The van der Waals surface area contributed by atoms with Crippen LogP contribution in [-0.2, 0) is 12.3 Å². The summed E-state index contributed by atoms with van der Waals surface area (Å²) in [5, 5.41) is 11.6. The Hall–Kier alpha value is -2.32. The lowest BCUT2D eigenvalue weighted by Gasteiger charge is -2.11. The summed E-state index contributed by atoms with van der Waals surface area (Å²) in [5.41, 5.74) is 0.932. The zero-order valence-electron chi connectivity index (χ0n) is 15.4. The maximum absolute atomic E-state index is 5.83. The van der Waals surface area contributed by atoms with Gasteiger partial charge in [-0.25, -0.2) is 4.98 Å². The summed E-state index contributed by atoms with van der Waals surface area (Å²) < 4.78 is 13.5. The summed E-state index contributed by atoms with van der Waals surface area (Å²) in [6.07, 6.45) is 1.65. The van der Waals surface area contributed by atoms with Crippen molar-refractivity contribution in [1.82, 2.24) is 19.7 Å². The molecule has 6 nitrogen and oxygen atoms in total. The smallest absolute Gasteiger partial charge is 0.236 e. The first-order valence-electron chi connectivity index (χ1n) is 8.72. The molecule has 0 aliphatic rings. The van der Waals surface area contributed by atoms with Gasteiger partial charge in [-0.1, -0.05) is 31.7 Å². The topological polar surface area (TPSA) is 69.9 Å². The second kappa shape index (κ2) is 7.74. The van der Waals surface area contributed by atoms with E-state index in [0.717, 1.165) is 39.6 Å². The Kier molecular flexibility index (Phi) is 5.18. The van der Waals surface area contributed by atoms with Crippen LogP contribution in [0.2, 0.25) is 0 Å². The van der Waals surface area contributed by atoms with Gasteiger partial charge in [0, 0.05) is 12.3 Å². The molecule has 0 aliphatic heterocycles. The predicted molar refractivity (Wildman–Crippen MR) is 107 cm³/mol. The van der Waals surface area contributed by atoms with Gasteiger partial charge >= 0.3 is 0 Å². The van der Waals surface area contributed by atoms with Gasteiger partial charge in [-0.2, -0.15) is 0 Å². The van der Waals surface area contributed by atoms with Crippen LogP contribution in [0.3, 0.4) is 0 Å². The second-order valence-corrected chi connectivity index (χ2v) is 8.47. The summed E-state index contributed by atoms with van der Waals surface area (Å²) in [4.78, 5) is 5.70. The Labute approximate surface area is 165 Å². The third-order valence-corrected chi connectivity index (χ3v) is 5.80. The number of furan rings is 1. The van der Waals surface area contributed by atoms with E-state index >= 15 is 0 Å². The van der Waals surface area contributed by atoms with Crippen LogP contribution in [0, 0.1) is 12.8 Å². The predicted octanol–water partition coefficient (Wildman–Crippen LogP) is 5.51. The van der Waals surface area contributed by atoms with Crippen molar-refractivity contribution in [2.75, 3.05) is 0 Å². The number of aryl methyl sites for hydroxylation is 1. The van der Waals surface area contributed by atoms with Gasteiger partial charge in [0.15, 0.2) is 16.7 Å². The molecule has 0 N–H and O–H groups in total. The molecule has 0 fully saturated rings. The van der Waals surface area contributed by atoms with E-state index in [-0.39, 0.29) is 0 Å². The standard InChI is InChI=1S/C19H20N4O2S2/c1-12(2)10-23-17(15-6-4-8-24-15)21-22-19(23)27-11-14-13(3)25-18(20-14)16-7-5-9-26-16/h4-9,12H,10-11H2,1-3H3. The van der Waals surface area contributed by atoms with E-state index in [0.29, 0.717) is 17.6 Å². The molecule has 0 saturated heterocycles. The molecular formula is C19H20N4O2S2. The number of hydrogen-bond donors (Lipinski definition) is 0. The largest absolute Gasteiger partial charge is 0.461 e. The number of thiophene rings is 1. The molecule has 0 aliphatic carbocycles. The zero-order chi connectivity index (χ0) is 18.8. The monoisotopic (exact) mass is 400 g/mol. The number of oxazole rings is 1. The fraction of sp³-hybridized carbons (Fsp3) is 0.316. The van der Waals surface area contributed by atoms with Crippen molar-refractivity contribution in [1.29, 1.82) is 0 Å². The highest BCUT2D eigenvalue weighted by Gasteiger charge is 2.19. The molecule has 27 heavy (non-hydrogen) atoms. The Morgan fingerprint density at radius 2 is 2.11 bits per heavy atom. The van der Waals surface area contributed by atoms with Gasteiger partial charge < -0.3 is 8.83 Å². The van der Waals surface area contributed by atoms with Crippen LogP contribution in [0.5, 0.6) is 0 Å². The molecule has 4 aromatic rings. The molecule has 8 heteroatoms. The van der Waals surface area contributed by atoms with Crippen molar-refractivity contribution in [3.05, 3.63) is 47.4 Å². The van der Waals surface area contributed by atoms with Crippen LogP contribution in [0.1, 0.15) is 25.3 Å². The van der Waals surface area contributed by atoms with Crippen LogP contribution < -0.4 is 0 Å². The van der Waals surface area contributed by atoms with Gasteiger partial charge in [0.2, 0.25) is 5.89 Å². The van der Waals surface area contributed by atoms with Gasteiger partial charge in [0.1, 0.15) is 5.76 Å². The molecule has 4 heterocycles. The van der Waals surface area contributed by atoms with Crippen molar-refractivity contribution < 1.29 is 8.83 Å². The van der Waals surface area contributed by atoms with Crippen molar-refractivity contribution in [3.63, 3.8) is 0 Å². The number of thioether (sulfide) groups is 1. The molecule has 0 amide bonds. The molecule has 4 rings (SSSR count). The highest BCUT2D eigenvalue weighted by Crippen LogP contribution is 2.31. The minimum absolute atomic E-state index is 0.466. The van der Waals surface area contributed by atoms with E-state index in [1.165, 1.54) is 0 Å². The van der Waals surface area contributed by atoms with Gasteiger partial charge in [-0.05, 0) is 36.4 Å². The SMILES string of the molecule is Cc1oc(-c2cccs2)nc1CSc1nnc(-c2ccco2)n1CC(C)C. The number of nitrogens with zero attached hydrogens (tertiary/aromatic N) is 4. The van der Waals surface area contributed by atoms with Crippen LogP contribution in [0.4, 0.5) is 0 Å². The minimum atomic E-state index is 0.466. The van der Waals surface area contributed by atoms with E-state index < -0.39 is 0 Å². The Morgan fingerprint density at radius 1 is 1.22 bits per heavy atom. The summed E-state index contributed by atoms with van der Waals surface area (Å²) in [5.74, 6) is 4.15. The molecule has 0 saturated carbocycles. The van der Waals surface area contributed by atoms with E-state index in [9.17, 15) is 0 Å². The fourth-order valence-corrected chi connectivity index (χ4v) is 4.31. The molecule has 0 atom stereocenters. The quantitative estimate of drug-likeness (QED) is 0.381. The van der Waals surface area contributed by atoms with Gasteiger partial charge in [-0.15, -0.1) is 21.5 Å². The lowest BCUT2D eigenvalue weighted by atomic mass is 10.2.